The zero-order valence-electron chi connectivity index (χ0n) is 8.13. The standard InChI is InChI=1S/C4H11NO.C4H10O/c1-5(2)3-4-6;1-3-5-4-2/h6H,3-4H2,1-2H3;3-4H2,1-2H3. The Morgan fingerprint density at radius 1 is 1.18 bits per heavy atom. The lowest BCUT2D eigenvalue weighted by atomic mass is 10.6. The minimum Gasteiger partial charge on any atom is -0.395 e. The summed E-state index contributed by atoms with van der Waals surface area (Å²) < 4.78 is 4.83. The van der Waals surface area contributed by atoms with Crippen LogP contribution < -0.4 is 0 Å². The van der Waals surface area contributed by atoms with Gasteiger partial charge in [-0.25, -0.2) is 0 Å². The van der Waals surface area contributed by atoms with Crippen LogP contribution in [0.15, 0.2) is 0 Å². The van der Waals surface area contributed by atoms with Crippen molar-refractivity contribution in [1.29, 1.82) is 0 Å². The van der Waals surface area contributed by atoms with E-state index in [0.29, 0.717) is 0 Å². The van der Waals surface area contributed by atoms with Gasteiger partial charge in [0.1, 0.15) is 0 Å². The van der Waals surface area contributed by atoms with Crippen molar-refractivity contribution in [1.82, 2.24) is 4.90 Å². The zero-order valence-corrected chi connectivity index (χ0v) is 8.13. The first kappa shape index (κ1) is 13.5. The van der Waals surface area contributed by atoms with Crippen molar-refractivity contribution in [3.63, 3.8) is 0 Å². The van der Waals surface area contributed by atoms with Crippen LogP contribution in [0.3, 0.4) is 0 Å². The molecular weight excluding hydrogens is 142 g/mol. The van der Waals surface area contributed by atoms with Gasteiger partial charge in [-0.1, -0.05) is 0 Å². The summed E-state index contributed by atoms with van der Waals surface area (Å²) in [5.74, 6) is 0. The Hall–Kier alpha value is -0.120. The van der Waals surface area contributed by atoms with Gasteiger partial charge in [-0.3, -0.25) is 0 Å². The van der Waals surface area contributed by atoms with Crippen LogP contribution in [0.2, 0.25) is 0 Å². The number of hydrogen-bond donors (Lipinski definition) is 1. The van der Waals surface area contributed by atoms with E-state index < -0.39 is 0 Å². The molecule has 0 amide bonds. The van der Waals surface area contributed by atoms with Gasteiger partial charge in [0.05, 0.1) is 6.61 Å². The number of likely N-dealkylation sites (N-methyl/N-ethyl adjacent to an activating group) is 1. The molecule has 0 fully saturated rings. The van der Waals surface area contributed by atoms with Crippen molar-refractivity contribution in [2.75, 3.05) is 40.5 Å². The Kier molecular flexibility index (Phi) is 15.4. The second-order valence-electron chi connectivity index (χ2n) is 2.31. The van der Waals surface area contributed by atoms with E-state index in [1.54, 1.807) is 0 Å². The number of aliphatic hydroxyl groups is 1. The van der Waals surface area contributed by atoms with Crippen LogP contribution in [-0.2, 0) is 4.74 Å². The third-order valence-electron chi connectivity index (χ3n) is 0.955. The number of nitrogens with zero attached hydrogens (tertiary/aromatic N) is 1. The van der Waals surface area contributed by atoms with E-state index >= 15 is 0 Å². The lowest BCUT2D eigenvalue weighted by molar-refractivity contribution is 0.162. The highest BCUT2D eigenvalue weighted by molar-refractivity contribution is 4.34. The van der Waals surface area contributed by atoms with Crippen LogP contribution in [-0.4, -0.2) is 50.5 Å². The predicted molar refractivity (Wildman–Crippen MR) is 47.8 cm³/mol. The molecule has 0 aromatic carbocycles. The molecular formula is C8H21NO2. The van der Waals surface area contributed by atoms with Crippen LogP contribution in [0, 0.1) is 0 Å². The second-order valence-corrected chi connectivity index (χ2v) is 2.31. The van der Waals surface area contributed by atoms with E-state index in [1.165, 1.54) is 0 Å². The van der Waals surface area contributed by atoms with E-state index in [1.807, 2.05) is 32.8 Å². The SMILES string of the molecule is CCOCC.CN(C)CCO. The molecule has 0 atom stereocenters. The Morgan fingerprint density at radius 3 is 1.64 bits per heavy atom. The second kappa shape index (κ2) is 12.5. The van der Waals surface area contributed by atoms with E-state index in [4.69, 9.17) is 9.84 Å². The molecule has 0 aromatic heterocycles. The summed E-state index contributed by atoms with van der Waals surface area (Å²) in [6.45, 7) is 6.69. The fourth-order valence-electron chi connectivity index (χ4n) is 0.404. The van der Waals surface area contributed by atoms with Crippen molar-refractivity contribution >= 4 is 0 Å². The molecule has 3 nitrogen and oxygen atoms in total. The van der Waals surface area contributed by atoms with E-state index in [2.05, 4.69) is 0 Å². The molecule has 3 heteroatoms. The van der Waals surface area contributed by atoms with Gasteiger partial charge in [0.15, 0.2) is 0 Å². The van der Waals surface area contributed by atoms with Crippen molar-refractivity contribution in [3.8, 4) is 0 Å². The molecule has 0 unspecified atom stereocenters. The molecule has 0 spiro atoms. The highest BCUT2D eigenvalue weighted by Crippen LogP contribution is 1.66. The number of hydrogen-bond acceptors (Lipinski definition) is 3. The van der Waals surface area contributed by atoms with Gasteiger partial charge in [0.2, 0.25) is 0 Å². The molecule has 0 radical (unpaired) electrons. The molecule has 0 aromatic rings. The van der Waals surface area contributed by atoms with Gasteiger partial charge in [-0.05, 0) is 27.9 Å². The maximum atomic E-state index is 8.20. The van der Waals surface area contributed by atoms with Gasteiger partial charge in [-0.2, -0.15) is 0 Å². The summed E-state index contributed by atoms with van der Waals surface area (Å²) in [5, 5.41) is 8.20. The van der Waals surface area contributed by atoms with Crippen LogP contribution in [0.1, 0.15) is 13.8 Å². The number of ether oxygens (including phenoxy) is 1. The predicted octanol–water partition coefficient (Wildman–Crippen LogP) is 0.583. The van der Waals surface area contributed by atoms with E-state index in [9.17, 15) is 0 Å². The Morgan fingerprint density at radius 2 is 1.64 bits per heavy atom. The molecule has 0 heterocycles. The third kappa shape index (κ3) is 25.8. The molecule has 0 bridgehead atoms. The fourth-order valence-corrected chi connectivity index (χ4v) is 0.404. The lowest BCUT2D eigenvalue weighted by Crippen LogP contribution is -2.15. The molecule has 0 rings (SSSR count). The van der Waals surface area contributed by atoms with Gasteiger partial charge >= 0.3 is 0 Å². The van der Waals surface area contributed by atoms with Crippen LogP contribution in [0.5, 0.6) is 0 Å². The Balaban J connectivity index is 0. The molecule has 0 aliphatic rings. The quantitative estimate of drug-likeness (QED) is 0.658. The monoisotopic (exact) mass is 163 g/mol. The van der Waals surface area contributed by atoms with Crippen molar-refractivity contribution in [2.24, 2.45) is 0 Å². The highest BCUT2D eigenvalue weighted by atomic mass is 16.5. The maximum absolute atomic E-state index is 8.20. The molecule has 70 valence electrons. The minimum atomic E-state index is 0.257. The molecule has 11 heavy (non-hydrogen) atoms. The summed E-state index contributed by atoms with van der Waals surface area (Å²) in [5.41, 5.74) is 0. The zero-order chi connectivity index (χ0) is 9.11. The van der Waals surface area contributed by atoms with Crippen LogP contribution >= 0.6 is 0 Å². The third-order valence-corrected chi connectivity index (χ3v) is 0.955. The summed E-state index contributed by atoms with van der Waals surface area (Å²) >= 11 is 0. The molecule has 0 aliphatic heterocycles. The molecule has 0 aliphatic carbocycles. The average molecular weight is 163 g/mol. The summed E-state index contributed by atoms with van der Waals surface area (Å²) in [4.78, 5) is 1.93. The van der Waals surface area contributed by atoms with E-state index in [0.717, 1.165) is 19.8 Å². The van der Waals surface area contributed by atoms with Gasteiger partial charge in [0.25, 0.3) is 0 Å². The van der Waals surface area contributed by atoms with Crippen molar-refractivity contribution in [3.05, 3.63) is 0 Å². The number of rotatable bonds is 4. The average Bonchev–Trinajstić information content (AvgIpc) is 1.90. The normalized spacial score (nSPS) is 9.27. The summed E-state index contributed by atoms with van der Waals surface area (Å²) in [7, 11) is 3.85. The number of aliphatic hydroxyl groups excluding tert-OH is 1. The van der Waals surface area contributed by atoms with Crippen LogP contribution in [0.4, 0.5) is 0 Å². The Bertz CT molecular complexity index is 56.1. The van der Waals surface area contributed by atoms with Crippen molar-refractivity contribution in [2.45, 2.75) is 13.8 Å². The largest absolute Gasteiger partial charge is 0.395 e. The highest BCUT2D eigenvalue weighted by Gasteiger charge is 1.80. The Labute approximate surface area is 70.0 Å². The smallest absolute Gasteiger partial charge is 0.0558 e. The maximum Gasteiger partial charge on any atom is 0.0558 e. The molecule has 1 N–H and O–H groups in total. The summed E-state index contributed by atoms with van der Waals surface area (Å²) in [6, 6.07) is 0. The first-order valence-corrected chi connectivity index (χ1v) is 4.02. The van der Waals surface area contributed by atoms with Gasteiger partial charge in [-0.15, -0.1) is 0 Å². The van der Waals surface area contributed by atoms with Crippen molar-refractivity contribution < 1.29 is 9.84 Å². The minimum absolute atomic E-state index is 0.257. The fraction of sp³-hybridized carbons (Fsp3) is 1.00. The molecule has 0 saturated carbocycles. The summed E-state index contributed by atoms with van der Waals surface area (Å²) in [6.07, 6.45) is 0. The van der Waals surface area contributed by atoms with E-state index in [-0.39, 0.29) is 6.61 Å². The lowest BCUT2D eigenvalue weighted by Gasteiger charge is -2.03. The molecule has 0 saturated heterocycles. The van der Waals surface area contributed by atoms with Gasteiger partial charge < -0.3 is 14.7 Å². The van der Waals surface area contributed by atoms with Crippen LogP contribution in [0.25, 0.3) is 0 Å². The first-order chi connectivity index (χ1) is 5.18. The first-order valence-electron chi connectivity index (χ1n) is 4.02. The van der Waals surface area contributed by atoms with Gasteiger partial charge in [0, 0.05) is 19.8 Å². The topological polar surface area (TPSA) is 32.7 Å².